The molecule has 1 aliphatic rings. The number of carbonyl (C=O) groups is 1. The zero-order valence-corrected chi connectivity index (χ0v) is 11.6. The lowest BCUT2D eigenvalue weighted by Gasteiger charge is -2.07. The van der Waals surface area contributed by atoms with Gasteiger partial charge in [0, 0.05) is 22.6 Å². The maximum Gasteiger partial charge on any atom is 0.330 e. The van der Waals surface area contributed by atoms with Gasteiger partial charge in [-0.1, -0.05) is 23.7 Å². The van der Waals surface area contributed by atoms with E-state index in [0.29, 0.717) is 5.02 Å². The average Bonchev–Trinajstić information content (AvgIpc) is 2.82. The first-order valence-corrected chi connectivity index (χ1v) is 6.32. The van der Waals surface area contributed by atoms with Crippen LogP contribution in [0.1, 0.15) is 17.9 Å². The predicted octanol–water partition coefficient (Wildman–Crippen LogP) is 3.46. The third-order valence-corrected chi connectivity index (χ3v) is 3.37. The van der Waals surface area contributed by atoms with Gasteiger partial charge >= 0.3 is 5.97 Å². The van der Waals surface area contributed by atoms with Crippen molar-refractivity contribution in [3.8, 4) is 0 Å². The summed E-state index contributed by atoms with van der Waals surface area (Å²) in [5.74, 6) is 0.558. The summed E-state index contributed by atoms with van der Waals surface area (Å²) in [5, 5.41) is 0.711. The molecule has 0 spiro atoms. The molecule has 0 heterocycles. The molecule has 1 aromatic rings. The van der Waals surface area contributed by atoms with Crippen molar-refractivity contribution in [1.82, 2.24) is 0 Å². The van der Waals surface area contributed by atoms with Crippen LogP contribution >= 0.6 is 11.6 Å². The number of benzene rings is 1. The van der Waals surface area contributed by atoms with E-state index in [0.717, 1.165) is 23.3 Å². The Labute approximate surface area is 117 Å². The molecule has 0 saturated carbocycles. The number of halogens is 1. The molecule has 0 N–H and O–H groups in total. The zero-order chi connectivity index (χ0) is 13.8. The second-order valence-electron chi connectivity index (χ2n) is 4.29. The third kappa shape index (κ3) is 3.18. The molecular weight excluding hydrogens is 264 g/mol. The number of carbonyl (C=O) groups excluding carboxylic acids is 1. The molecule has 0 fully saturated rings. The van der Waals surface area contributed by atoms with Crippen molar-refractivity contribution in [2.45, 2.75) is 12.3 Å². The molecule has 2 rings (SSSR count). The van der Waals surface area contributed by atoms with Gasteiger partial charge in [-0.3, -0.25) is 0 Å². The normalized spacial score (nSPS) is 20.3. The number of ether oxygens (including phenoxy) is 2. The minimum Gasteiger partial charge on any atom is -0.497 e. The molecule has 0 amide bonds. The Balaban J connectivity index is 2.23. The Hall–Kier alpha value is -1.74. The van der Waals surface area contributed by atoms with Crippen LogP contribution in [0.4, 0.5) is 0 Å². The van der Waals surface area contributed by atoms with E-state index in [1.165, 1.54) is 13.2 Å². The first kappa shape index (κ1) is 13.7. The second kappa shape index (κ2) is 5.93. The van der Waals surface area contributed by atoms with Crippen LogP contribution in [0, 0.1) is 0 Å². The van der Waals surface area contributed by atoms with E-state index >= 15 is 0 Å². The average molecular weight is 279 g/mol. The number of esters is 1. The molecular formula is C15H15ClO3. The van der Waals surface area contributed by atoms with Crippen molar-refractivity contribution in [1.29, 1.82) is 0 Å². The van der Waals surface area contributed by atoms with Gasteiger partial charge in [0.05, 0.1) is 14.2 Å². The molecule has 0 radical (unpaired) electrons. The van der Waals surface area contributed by atoms with E-state index < -0.39 is 0 Å². The van der Waals surface area contributed by atoms with Crippen molar-refractivity contribution < 1.29 is 14.3 Å². The lowest BCUT2D eigenvalue weighted by molar-refractivity contribution is -0.134. The van der Waals surface area contributed by atoms with Gasteiger partial charge in [0.25, 0.3) is 0 Å². The summed E-state index contributed by atoms with van der Waals surface area (Å²) in [6.45, 7) is 0. The van der Waals surface area contributed by atoms with E-state index in [1.807, 2.05) is 30.3 Å². The molecule has 0 aliphatic heterocycles. The lowest BCUT2D eigenvalue weighted by atomic mass is 9.98. The molecule has 3 nitrogen and oxygen atoms in total. The van der Waals surface area contributed by atoms with Crippen molar-refractivity contribution in [3.63, 3.8) is 0 Å². The summed E-state index contributed by atoms with van der Waals surface area (Å²) in [7, 11) is 2.96. The summed E-state index contributed by atoms with van der Waals surface area (Å²) in [6.07, 6.45) is 4.21. The monoisotopic (exact) mass is 278 g/mol. The minimum absolute atomic E-state index is 0.197. The Morgan fingerprint density at radius 1 is 1.32 bits per heavy atom. The number of allylic oxidation sites excluding steroid dienone is 2. The molecule has 1 unspecified atom stereocenters. The van der Waals surface area contributed by atoms with Crippen molar-refractivity contribution in [2.24, 2.45) is 0 Å². The second-order valence-corrected chi connectivity index (χ2v) is 4.73. The fraction of sp³-hybridized carbons (Fsp3) is 0.267. The number of methoxy groups -OCH3 is 2. The van der Waals surface area contributed by atoms with E-state index in [-0.39, 0.29) is 11.9 Å². The van der Waals surface area contributed by atoms with Crippen LogP contribution in [0.25, 0.3) is 0 Å². The smallest absolute Gasteiger partial charge is 0.330 e. The molecule has 0 aromatic heterocycles. The third-order valence-electron chi connectivity index (χ3n) is 3.12. The molecule has 1 aliphatic carbocycles. The van der Waals surface area contributed by atoms with E-state index in [4.69, 9.17) is 16.3 Å². The van der Waals surface area contributed by atoms with Gasteiger partial charge in [-0.25, -0.2) is 4.79 Å². The quantitative estimate of drug-likeness (QED) is 0.627. The first-order valence-electron chi connectivity index (χ1n) is 5.94. The summed E-state index contributed by atoms with van der Waals surface area (Å²) >= 11 is 5.88. The summed E-state index contributed by atoms with van der Waals surface area (Å²) in [5.41, 5.74) is 2.00. The van der Waals surface area contributed by atoms with Crippen LogP contribution in [-0.4, -0.2) is 20.2 Å². The highest BCUT2D eigenvalue weighted by Gasteiger charge is 2.23. The number of rotatable bonds is 3. The van der Waals surface area contributed by atoms with Gasteiger partial charge in [-0.15, -0.1) is 0 Å². The van der Waals surface area contributed by atoms with Gasteiger partial charge in [-0.2, -0.15) is 0 Å². The van der Waals surface area contributed by atoms with Crippen LogP contribution in [0.3, 0.4) is 0 Å². The molecule has 0 bridgehead atoms. The Bertz CT molecular complexity index is 529. The van der Waals surface area contributed by atoms with Gasteiger partial charge in [0.2, 0.25) is 0 Å². The van der Waals surface area contributed by atoms with Crippen LogP contribution in [0.5, 0.6) is 0 Å². The van der Waals surface area contributed by atoms with Gasteiger partial charge in [0.15, 0.2) is 0 Å². The maximum absolute atomic E-state index is 11.3. The van der Waals surface area contributed by atoms with Crippen LogP contribution in [-0.2, 0) is 14.3 Å². The van der Waals surface area contributed by atoms with E-state index in [2.05, 4.69) is 4.74 Å². The Morgan fingerprint density at radius 3 is 2.58 bits per heavy atom. The molecule has 1 aromatic carbocycles. The van der Waals surface area contributed by atoms with Crippen molar-refractivity contribution >= 4 is 17.6 Å². The largest absolute Gasteiger partial charge is 0.497 e. The maximum atomic E-state index is 11.3. The zero-order valence-electron chi connectivity index (χ0n) is 10.9. The summed E-state index contributed by atoms with van der Waals surface area (Å²) < 4.78 is 9.95. The summed E-state index contributed by atoms with van der Waals surface area (Å²) in [6, 6.07) is 7.69. The first-order chi connectivity index (χ1) is 9.13. The molecule has 0 saturated heterocycles. The minimum atomic E-state index is -0.366. The van der Waals surface area contributed by atoms with Gasteiger partial charge in [0.1, 0.15) is 5.76 Å². The van der Waals surface area contributed by atoms with E-state index in [9.17, 15) is 4.79 Å². The van der Waals surface area contributed by atoms with Gasteiger partial charge < -0.3 is 9.47 Å². The molecule has 4 heteroatoms. The predicted molar refractivity (Wildman–Crippen MR) is 74.0 cm³/mol. The SMILES string of the molecule is COC(=O)/C=C1\CC(c2ccc(Cl)cc2)C=C1OC. The van der Waals surface area contributed by atoms with Crippen molar-refractivity contribution in [2.75, 3.05) is 14.2 Å². The fourth-order valence-corrected chi connectivity index (χ4v) is 2.27. The highest BCUT2D eigenvalue weighted by molar-refractivity contribution is 6.30. The fourth-order valence-electron chi connectivity index (χ4n) is 2.14. The van der Waals surface area contributed by atoms with Gasteiger partial charge in [-0.05, 0) is 30.2 Å². The van der Waals surface area contributed by atoms with E-state index in [1.54, 1.807) is 7.11 Å². The number of hydrogen-bond acceptors (Lipinski definition) is 3. The highest BCUT2D eigenvalue weighted by Crippen LogP contribution is 2.37. The molecule has 100 valence electrons. The van der Waals surface area contributed by atoms with Crippen molar-refractivity contribution in [3.05, 3.63) is 58.3 Å². The Morgan fingerprint density at radius 2 is 2.00 bits per heavy atom. The van der Waals surface area contributed by atoms with Crippen LogP contribution in [0.15, 0.2) is 47.7 Å². The summed E-state index contributed by atoms with van der Waals surface area (Å²) in [4.78, 5) is 11.3. The molecule has 19 heavy (non-hydrogen) atoms. The van der Waals surface area contributed by atoms with Crippen LogP contribution in [0.2, 0.25) is 5.02 Å². The highest BCUT2D eigenvalue weighted by atomic mass is 35.5. The lowest BCUT2D eigenvalue weighted by Crippen LogP contribution is -1.98. The standard InChI is InChI=1S/C15H15ClO3/c1-18-14-8-11(7-12(14)9-15(17)19-2)10-3-5-13(16)6-4-10/h3-6,8-9,11H,7H2,1-2H3/b12-9+. The number of hydrogen-bond donors (Lipinski definition) is 0. The molecule has 1 atom stereocenters. The Kier molecular flexibility index (Phi) is 4.27. The van der Waals surface area contributed by atoms with Crippen LogP contribution < -0.4 is 0 Å². The topological polar surface area (TPSA) is 35.5 Å².